The average molecular weight is 358 g/mol. The first-order chi connectivity index (χ1) is 12.7. The predicted molar refractivity (Wildman–Crippen MR) is 111 cm³/mol. The van der Waals surface area contributed by atoms with Crippen LogP contribution in [0.3, 0.4) is 0 Å². The molecule has 0 spiro atoms. The summed E-state index contributed by atoms with van der Waals surface area (Å²) in [5, 5.41) is 0. The van der Waals surface area contributed by atoms with Crippen molar-refractivity contribution in [3.05, 3.63) is 108 Å². The molecule has 0 atom stereocenters. The molecule has 0 amide bonds. The second kappa shape index (κ2) is 7.22. The Morgan fingerprint density at radius 1 is 0.769 bits per heavy atom. The molecule has 4 rings (SSSR count). The number of hydrogen-bond acceptors (Lipinski definition) is 2. The van der Waals surface area contributed by atoms with Crippen molar-refractivity contribution in [2.24, 2.45) is 0 Å². The molecule has 1 aliphatic heterocycles. The van der Waals surface area contributed by atoms with Crippen LogP contribution in [-0.2, 0) is 0 Å². The van der Waals surface area contributed by atoms with Crippen LogP contribution >= 0.6 is 11.8 Å². The summed E-state index contributed by atoms with van der Waals surface area (Å²) in [5.74, 6) is 0.902. The van der Waals surface area contributed by atoms with Crippen molar-refractivity contribution in [2.75, 3.05) is 14.1 Å². The molecule has 0 bridgehead atoms. The standard InChI is InChI=1S/C23H20NOS/c1-24(2)20-12-10-17(11-13-20)19-15-22(18-7-4-3-5-8-18)26-23(16-19)21-9-6-14-25-21/h3-16H,1-2H3/q+1. The Bertz CT molecular complexity index is 978. The Morgan fingerprint density at radius 2 is 1.50 bits per heavy atom. The largest absolute Gasteiger partial charge is 0.464 e. The van der Waals surface area contributed by atoms with Gasteiger partial charge in [-0.25, -0.2) is 4.58 Å². The van der Waals surface area contributed by atoms with E-state index in [0.29, 0.717) is 0 Å². The molecule has 0 fully saturated rings. The van der Waals surface area contributed by atoms with E-state index in [4.69, 9.17) is 4.42 Å². The van der Waals surface area contributed by atoms with Gasteiger partial charge in [-0.1, -0.05) is 42.1 Å². The van der Waals surface area contributed by atoms with Gasteiger partial charge in [-0.3, -0.25) is 0 Å². The van der Waals surface area contributed by atoms with Gasteiger partial charge < -0.3 is 4.42 Å². The van der Waals surface area contributed by atoms with E-state index in [1.54, 1.807) is 18.0 Å². The molecule has 0 saturated heterocycles. The third-order valence-electron chi connectivity index (χ3n) is 4.33. The molecule has 2 nitrogen and oxygen atoms in total. The van der Waals surface area contributed by atoms with Crippen LogP contribution in [0.5, 0.6) is 0 Å². The summed E-state index contributed by atoms with van der Waals surface area (Å²) in [7, 11) is 4.11. The van der Waals surface area contributed by atoms with Crippen LogP contribution in [0.15, 0.2) is 101 Å². The van der Waals surface area contributed by atoms with E-state index in [-0.39, 0.29) is 0 Å². The topological polar surface area (TPSA) is 16.1 Å². The summed E-state index contributed by atoms with van der Waals surface area (Å²) in [6.07, 6.45) is 14.9. The maximum atomic E-state index is 5.66. The first-order valence-corrected chi connectivity index (χ1v) is 9.37. The van der Waals surface area contributed by atoms with E-state index in [2.05, 4.69) is 79.4 Å². The van der Waals surface area contributed by atoms with Crippen molar-refractivity contribution >= 4 is 27.3 Å². The van der Waals surface area contributed by atoms with Crippen molar-refractivity contribution in [3.63, 3.8) is 0 Å². The van der Waals surface area contributed by atoms with Gasteiger partial charge in [-0.15, -0.1) is 0 Å². The lowest BCUT2D eigenvalue weighted by molar-refractivity contribution is -0.462. The minimum atomic E-state index is 0.902. The van der Waals surface area contributed by atoms with Gasteiger partial charge in [0.2, 0.25) is 0 Å². The highest BCUT2D eigenvalue weighted by molar-refractivity contribution is 8.16. The fourth-order valence-corrected chi connectivity index (χ4v) is 3.98. The lowest BCUT2D eigenvalue weighted by atomic mass is 10.00. The van der Waals surface area contributed by atoms with E-state index in [1.165, 1.54) is 27.3 Å². The summed E-state index contributed by atoms with van der Waals surface area (Å²) in [6, 6.07) is 14.4. The molecule has 0 radical (unpaired) electrons. The number of nitrogens with zero attached hydrogens (tertiary/aromatic N) is 1. The average Bonchev–Trinajstić information content (AvgIpc) is 3.23. The van der Waals surface area contributed by atoms with E-state index >= 15 is 0 Å². The zero-order valence-corrected chi connectivity index (χ0v) is 15.7. The van der Waals surface area contributed by atoms with Gasteiger partial charge in [-0.05, 0) is 53.1 Å². The van der Waals surface area contributed by atoms with E-state index in [0.717, 1.165) is 10.7 Å². The number of rotatable bonds is 2. The summed E-state index contributed by atoms with van der Waals surface area (Å²) in [4.78, 5) is 2.36. The van der Waals surface area contributed by atoms with E-state index in [1.807, 2.05) is 18.2 Å². The van der Waals surface area contributed by atoms with Gasteiger partial charge in [0.05, 0.1) is 11.2 Å². The second-order valence-corrected chi connectivity index (χ2v) is 7.44. The molecule has 1 aliphatic carbocycles. The number of hydrogen-bond donors (Lipinski definition) is 0. The number of furan rings is 1. The normalized spacial score (nSPS) is 16.6. The van der Waals surface area contributed by atoms with Gasteiger partial charge in [0, 0.05) is 17.1 Å². The second-order valence-electron chi connectivity index (χ2n) is 6.36. The fraction of sp³-hybridized carbons (Fsp3) is 0.0870. The number of benzene rings is 1. The molecular formula is C23H20NOS+. The molecule has 3 heteroatoms. The maximum Gasteiger partial charge on any atom is 0.199 e. The molecule has 26 heavy (non-hydrogen) atoms. The Morgan fingerprint density at radius 3 is 2.15 bits per heavy atom. The summed E-state index contributed by atoms with van der Waals surface area (Å²) in [5.41, 5.74) is 4.81. The molecule has 0 unspecified atom stereocenters. The molecular weight excluding hydrogens is 338 g/mol. The lowest BCUT2D eigenvalue weighted by Crippen LogP contribution is -2.09. The number of thioether (sulfide) groups is 1. The zero-order chi connectivity index (χ0) is 17.9. The van der Waals surface area contributed by atoms with Crippen molar-refractivity contribution in [3.8, 4) is 0 Å². The summed E-state index contributed by atoms with van der Waals surface area (Å²) < 4.78 is 7.77. The highest BCUT2D eigenvalue weighted by Crippen LogP contribution is 2.44. The molecule has 128 valence electrons. The molecule has 0 N–H and O–H groups in total. The van der Waals surface area contributed by atoms with Crippen LogP contribution in [0, 0.1) is 0 Å². The quantitative estimate of drug-likeness (QED) is 0.655. The van der Waals surface area contributed by atoms with Crippen LogP contribution in [0.1, 0.15) is 11.3 Å². The van der Waals surface area contributed by atoms with Gasteiger partial charge in [0.25, 0.3) is 0 Å². The molecule has 2 aromatic rings. The highest BCUT2D eigenvalue weighted by atomic mass is 32.2. The van der Waals surface area contributed by atoms with Crippen molar-refractivity contribution in [2.45, 2.75) is 0 Å². The minimum absolute atomic E-state index is 0.902. The lowest BCUT2D eigenvalue weighted by Gasteiger charge is -2.17. The number of allylic oxidation sites excluding steroid dienone is 8. The first kappa shape index (κ1) is 16.7. The van der Waals surface area contributed by atoms with Gasteiger partial charge in [-0.2, -0.15) is 0 Å². The third kappa shape index (κ3) is 3.44. The maximum absolute atomic E-state index is 5.66. The van der Waals surface area contributed by atoms with Crippen LogP contribution < -0.4 is 0 Å². The van der Waals surface area contributed by atoms with Crippen molar-refractivity contribution in [1.82, 2.24) is 0 Å². The van der Waals surface area contributed by atoms with Gasteiger partial charge in [0.15, 0.2) is 5.71 Å². The smallest absolute Gasteiger partial charge is 0.199 e. The van der Waals surface area contributed by atoms with E-state index < -0.39 is 0 Å². The highest BCUT2D eigenvalue weighted by Gasteiger charge is 2.18. The van der Waals surface area contributed by atoms with E-state index in [9.17, 15) is 0 Å². The minimum Gasteiger partial charge on any atom is -0.464 e. The van der Waals surface area contributed by atoms with Gasteiger partial charge in [0.1, 0.15) is 19.9 Å². The fourth-order valence-electron chi connectivity index (χ4n) is 2.91. The molecule has 1 aromatic carbocycles. The summed E-state index contributed by atoms with van der Waals surface area (Å²) >= 11 is 1.75. The molecule has 2 aliphatic rings. The first-order valence-electron chi connectivity index (χ1n) is 8.56. The zero-order valence-electron chi connectivity index (χ0n) is 14.8. The molecule has 2 heterocycles. The van der Waals surface area contributed by atoms with Crippen LogP contribution in [0.2, 0.25) is 0 Å². The molecule has 0 saturated carbocycles. The Balaban J connectivity index is 1.80. The van der Waals surface area contributed by atoms with Crippen LogP contribution in [-0.4, -0.2) is 24.4 Å². The van der Waals surface area contributed by atoms with Crippen LogP contribution in [0.25, 0.3) is 9.81 Å². The molecule has 1 aromatic heterocycles. The Kier molecular flexibility index (Phi) is 4.63. The van der Waals surface area contributed by atoms with Gasteiger partial charge >= 0.3 is 0 Å². The van der Waals surface area contributed by atoms with Crippen molar-refractivity contribution < 1.29 is 8.99 Å². The predicted octanol–water partition coefficient (Wildman–Crippen LogP) is 5.54. The Labute approximate surface area is 158 Å². The van der Waals surface area contributed by atoms with Crippen molar-refractivity contribution in [1.29, 1.82) is 0 Å². The monoisotopic (exact) mass is 358 g/mol. The third-order valence-corrected chi connectivity index (χ3v) is 5.44. The Hall–Kier alpha value is -2.78. The SMILES string of the molecule is C[N+](C)=C1C=CC(=C2C=C(c3ccccc3)SC(c3ccco3)=C2)C=C1. The summed E-state index contributed by atoms with van der Waals surface area (Å²) in [6.45, 7) is 0. The van der Waals surface area contributed by atoms with Crippen LogP contribution in [0.4, 0.5) is 0 Å².